The Bertz CT molecular complexity index is 169. The number of ether oxygens (including phenoxy) is 1. The summed E-state index contributed by atoms with van der Waals surface area (Å²) < 4.78 is 15.0. The second kappa shape index (κ2) is 6.09. The Morgan fingerprint density at radius 1 is 1.58 bits per heavy atom. The third-order valence-corrected chi connectivity index (χ3v) is 2.22. The van der Waals surface area contributed by atoms with Crippen molar-refractivity contribution in [2.75, 3.05) is 12.8 Å². The zero-order chi connectivity index (χ0) is 9.56. The average Bonchev–Trinajstić information content (AvgIpc) is 2.00. The number of carbonyl (C=O) groups is 1. The van der Waals surface area contributed by atoms with Gasteiger partial charge in [-0.1, -0.05) is 11.5 Å². The minimum atomic E-state index is -2.49. The van der Waals surface area contributed by atoms with Crippen LogP contribution in [0.2, 0.25) is 0 Å². The van der Waals surface area contributed by atoms with E-state index in [0.29, 0.717) is 13.0 Å². The molecular weight excluding hydrogens is 179 g/mol. The van der Waals surface area contributed by atoms with Gasteiger partial charge in [0.05, 0.1) is 6.61 Å². The summed E-state index contributed by atoms with van der Waals surface area (Å²) >= 11 is 0. The maximum absolute atomic E-state index is 11.0. The van der Waals surface area contributed by atoms with E-state index in [0.717, 1.165) is 0 Å². The largest absolute Gasteiger partial charge is 0.596 e. The van der Waals surface area contributed by atoms with Crippen LogP contribution in [0.5, 0.6) is 0 Å². The number of esters is 1. The lowest BCUT2D eigenvalue weighted by atomic mass is 10.1. The Morgan fingerprint density at radius 3 is 2.50 bits per heavy atom. The molecule has 0 aromatic rings. The Balaban J connectivity index is 3.96. The first-order valence-corrected chi connectivity index (χ1v) is 5.26. The molecule has 0 spiro atoms. The van der Waals surface area contributed by atoms with Crippen LogP contribution in [0.25, 0.3) is 0 Å². The minimum absolute atomic E-state index is 0.106. The van der Waals surface area contributed by atoms with E-state index in [4.69, 9.17) is 0 Å². The molecule has 0 amide bonds. The van der Waals surface area contributed by atoms with Gasteiger partial charge in [0.15, 0.2) is 6.16 Å². The Kier molecular flexibility index (Phi) is 5.85. The van der Waals surface area contributed by atoms with E-state index >= 15 is 0 Å². The van der Waals surface area contributed by atoms with E-state index < -0.39 is 19.9 Å². The molecule has 0 bridgehead atoms. The second-order valence-electron chi connectivity index (χ2n) is 2.37. The molecule has 0 aliphatic heterocycles. The summed E-state index contributed by atoms with van der Waals surface area (Å²) in [5.74, 6) is -0.912. The van der Waals surface area contributed by atoms with E-state index in [1.54, 1.807) is 13.8 Å². The van der Waals surface area contributed by atoms with Gasteiger partial charge in [-0.25, -0.2) is 0 Å². The lowest BCUT2D eigenvalue weighted by Gasteiger charge is -2.08. The summed E-state index contributed by atoms with van der Waals surface area (Å²) in [5, 5.41) is 0. The molecule has 0 rings (SSSR count). The lowest BCUT2D eigenvalue weighted by Crippen LogP contribution is -2.20. The smallest absolute Gasteiger partial charge is 0.313 e. The highest BCUT2D eigenvalue weighted by atomic mass is 31.1. The molecule has 5 heteroatoms. The van der Waals surface area contributed by atoms with Crippen molar-refractivity contribution in [3.63, 3.8) is 0 Å². The van der Waals surface area contributed by atoms with Crippen molar-refractivity contribution < 1.29 is 19.0 Å². The van der Waals surface area contributed by atoms with Gasteiger partial charge in [-0.05, 0) is 13.3 Å². The first-order chi connectivity index (χ1) is 5.61. The molecular formula is C7H13O4P. The maximum atomic E-state index is 11.0. The number of carbonyl (C=O) groups excluding carboxylic acids is 1. The fourth-order valence-electron chi connectivity index (χ4n) is 0.810. The molecule has 0 aromatic heterocycles. The van der Waals surface area contributed by atoms with Crippen molar-refractivity contribution >= 4 is 14.0 Å². The molecule has 0 aliphatic rings. The van der Waals surface area contributed by atoms with Gasteiger partial charge in [0.1, 0.15) is 5.92 Å². The van der Waals surface area contributed by atoms with Crippen molar-refractivity contribution in [1.82, 2.24) is 0 Å². The van der Waals surface area contributed by atoms with Gasteiger partial charge in [0.25, 0.3) is 0 Å². The predicted octanol–water partition coefficient (Wildman–Crippen LogP) is 0.678. The molecule has 0 N–H and O–H groups in total. The molecule has 4 nitrogen and oxygen atoms in total. The van der Waals surface area contributed by atoms with E-state index in [9.17, 15) is 14.3 Å². The number of hydrogen-bond acceptors (Lipinski definition) is 4. The first-order valence-electron chi connectivity index (χ1n) is 3.90. The molecule has 0 radical (unpaired) electrons. The van der Waals surface area contributed by atoms with Gasteiger partial charge in [0, 0.05) is 0 Å². The van der Waals surface area contributed by atoms with Crippen LogP contribution in [-0.4, -0.2) is 18.7 Å². The van der Waals surface area contributed by atoms with Gasteiger partial charge in [-0.2, -0.15) is 0 Å². The van der Waals surface area contributed by atoms with E-state index in [1.807, 2.05) is 0 Å². The summed E-state index contributed by atoms with van der Waals surface area (Å²) in [5.41, 5.74) is 0. The van der Waals surface area contributed by atoms with Crippen molar-refractivity contribution in [2.45, 2.75) is 20.3 Å². The fraction of sp³-hybridized carbons (Fsp3) is 0.857. The topological polar surface area (TPSA) is 66.4 Å². The molecule has 0 fully saturated rings. The van der Waals surface area contributed by atoms with Crippen LogP contribution in [-0.2, 0) is 14.1 Å². The normalized spacial score (nSPS) is 13.8. The molecule has 12 heavy (non-hydrogen) atoms. The second-order valence-corrected chi connectivity index (χ2v) is 3.40. The minimum Gasteiger partial charge on any atom is -0.596 e. The van der Waals surface area contributed by atoms with Crippen LogP contribution < -0.4 is 4.89 Å². The van der Waals surface area contributed by atoms with Crippen LogP contribution in [0.3, 0.4) is 0 Å². The molecule has 2 atom stereocenters. The maximum Gasteiger partial charge on any atom is 0.313 e. The van der Waals surface area contributed by atoms with Crippen LogP contribution in [0.1, 0.15) is 20.3 Å². The molecule has 0 aliphatic carbocycles. The third-order valence-electron chi connectivity index (χ3n) is 1.48. The zero-order valence-corrected chi connectivity index (χ0v) is 8.17. The van der Waals surface area contributed by atoms with Crippen molar-refractivity contribution in [3.05, 3.63) is 0 Å². The van der Waals surface area contributed by atoms with Crippen LogP contribution >= 0.6 is 8.03 Å². The Morgan fingerprint density at radius 2 is 2.17 bits per heavy atom. The Labute approximate surface area is 72.8 Å². The Hall–Kier alpha value is -0.470. The summed E-state index contributed by atoms with van der Waals surface area (Å²) in [7, 11) is -2.49. The highest BCUT2D eigenvalue weighted by molar-refractivity contribution is 7.36. The standard InChI is InChI=1S/C7H13O4P/c1-3-6(5-12(9)10)7(8)11-4-2/h6H,3-5H2,1-2H3. The fourth-order valence-corrected chi connectivity index (χ4v) is 1.58. The summed E-state index contributed by atoms with van der Waals surface area (Å²) in [4.78, 5) is 21.3. The zero-order valence-electron chi connectivity index (χ0n) is 7.28. The monoisotopic (exact) mass is 192 g/mol. The molecule has 0 heterocycles. The van der Waals surface area contributed by atoms with Crippen LogP contribution in [0.15, 0.2) is 0 Å². The van der Waals surface area contributed by atoms with Crippen molar-refractivity contribution in [2.24, 2.45) is 5.92 Å². The van der Waals surface area contributed by atoms with Gasteiger partial charge in [-0.15, -0.1) is 0 Å². The third kappa shape index (κ3) is 4.42. The number of rotatable bonds is 5. The SMILES string of the molecule is CCOC(=O)C(CC)C[P+](=O)[O-]. The van der Waals surface area contributed by atoms with Gasteiger partial charge in [0.2, 0.25) is 0 Å². The first kappa shape index (κ1) is 11.5. The van der Waals surface area contributed by atoms with E-state index in [-0.39, 0.29) is 6.16 Å². The van der Waals surface area contributed by atoms with E-state index in [1.165, 1.54) is 0 Å². The molecule has 2 unspecified atom stereocenters. The predicted molar refractivity (Wildman–Crippen MR) is 42.9 cm³/mol. The highest BCUT2D eigenvalue weighted by Gasteiger charge is 2.23. The van der Waals surface area contributed by atoms with Gasteiger partial charge >= 0.3 is 14.0 Å². The molecule has 70 valence electrons. The summed E-state index contributed by atoms with van der Waals surface area (Å²) in [6.07, 6.45) is 0.396. The molecule has 0 saturated heterocycles. The summed E-state index contributed by atoms with van der Waals surface area (Å²) in [6.45, 7) is 3.76. The van der Waals surface area contributed by atoms with Crippen molar-refractivity contribution in [1.29, 1.82) is 0 Å². The number of hydrogen-bond donors (Lipinski definition) is 0. The summed E-state index contributed by atoms with van der Waals surface area (Å²) in [6, 6.07) is 0. The average molecular weight is 192 g/mol. The molecule has 0 aromatic carbocycles. The highest BCUT2D eigenvalue weighted by Crippen LogP contribution is 2.17. The van der Waals surface area contributed by atoms with Gasteiger partial charge < -0.3 is 9.63 Å². The van der Waals surface area contributed by atoms with E-state index in [2.05, 4.69) is 4.74 Å². The van der Waals surface area contributed by atoms with Crippen LogP contribution in [0, 0.1) is 5.92 Å². The van der Waals surface area contributed by atoms with Gasteiger partial charge in [-0.3, -0.25) is 4.79 Å². The van der Waals surface area contributed by atoms with Crippen LogP contribution in [0.4, 0.5) is 0 Å². The lowest BCUT2D eigenvalue weighted by molar-refractivity contribution is -0.166. The van der Waals surface area contributed by atoms with Crippen molar-refractivity contribution in [3.8, 4) is 0 Å². The quantitative estimate of drug-likeness (QED) is 0.474. The molecule has 0 saturated carbocycles.